The summed E-state index contributed by atoms with van der Waals surface area (Å²) in [5, 5.41) is 0. The van der Waals surface area contributed by atoms with Crippen LogP contribution in [0, 0.1) is 6.92 Å². The van der Waals surface area contributed by atoms with Crippen molar-refractivity contribution in [2.45, 2.75) is 44.4 Å². The number of alkyl halides is 3. The number of halogens is 3. The SMILES string of the molecule is CSc1c(OCc2cnc(C(C)C)c(C(F)(F)F)c2)cc(C)n(C)c1=O. The summed E-state index contributed by atoms with van der Waals surface area (Å²) in [4.78, 5) is 16.7. The zero-order valence-electron chi connectivity index (χ0n) is 15.3. The fraction of sp³-hybridized carbons (Fsp3) is 0.444. The molecule has 0 saturated heterocycles. The Morgan fingerprint density at radius 2 is 1.96 bits per heavy atom. The molecule has 0 atom stereocenters. The van der Waals surface area contributed by atoms with E-state index in [1.165, 1.54) is 22.5 Å². The van der Waals surface area contributed by atoms with E-state index in [0.29, 0.717) is 21.9 Å². The molecule has 4 nitrogen and oxygen atoms in total. The van der Waals surface area contributed by atoms with Gasteiger partial charge < -0.3 is 9.30 Å². The highest BCUT2D eigenvalue weighted by Gasteiger charge is 2.35. The van der Waals surface area contributed by atoms with Crippen LogP contribution in [0.1, 0.15) is 42.3 Å². The van der Waals surface area contributed by atoms with Gasteiger partial charge in [-0.1, -0.05) is 13.8 Å². The predicted octanol–water partition coefficient (Wildman–Crippen LogP) is 4.53. The maximum absolute atomic E-state index is 13.3. The summed E-state index contributed by atoms with van der Waals surface area (Å²) < 4.78 is 47.0. The van der Waals surface area contributed by atoms with Crippen molar-refractivity contribution in [3.8, 4) is 5.75 Å². The van der Waals surface area contributed by atoms with Crippen molar-refractivity contribution < 1.29 is 17.9 Å². The molecule has 0 N–H and O–H groups in total. The average Bonchev–Trinajstić information content (AvgIpc) is 2.56. The normalized spacial score (nSPS) is 11.9. The van der Waals surface area contributed by atoms with Crippen molar-refractivity contribution in [2.24, 2.45) is 7.05 Å². The molecule has 142 valence electrons. The molecule has 2 rings (SSSR count). The Labute approximate surface area is 154 Å². The molecule has 0 radical (unpaired) electrons. The molecule has 0 aromatic carbocycles. The van der Waals surface area contributed by atoms with Crippen molar-refractivity contribution in [1.82, 2.24) is 9.55 Å². The second-order valence-corrected chi connectivity index (χ2v) is 7.08. The van der Waals surface area contributed by atoms with Gasteiger partial charge in [-0.3, -0.25) is 9.78 Å². The lowest BCUT2D eigenvalue weighted by molar-refractivity contribution is -0.138. The summed E-state index contributed by atoms with van der Waals surface area (Å²) in [6, 6.07) is 2.77. The van der Waals surface area contributed by atoms with Gasteiger partial charge in [0.2, 0.25) is 0 Å². The van der Waals surface area contributed by atoms with Gasteiger partial charge in [0.05, 0.1) is 11.3 Å². The van der Waals surface area contributed by atoms with Crippen molar-refractivity contribution >= 4 is 11.8 Å². The van der Waals surface area contributed by atoms with E-state index in [0.717, 1.165) is 6.07 Å². The van der Waals surface area contributed by atoms with Crippen LogP contribution >= 0.6 is 11.8 Å². The lowest BCUT2D eigenvalue weighted by Gasteiger charge is -2.17. The van der Waals surface area contributed by atoms with Crippen LogP contribution in [0.2, 0.25) is 0 Å². The fourth-order valence-electron chi connectivity index (χ4n) is 2.51. The van der Waals surface area contributed by atoms with Gasteiger partial charge in [-0.2, -0.15) is 13.2 Å². The van der Waals surface area contributed by atoms with Crippen LogP contribution in [0.15, 0.2) is 28.0 Å². The molecule has 0 bridgehead atoms. The van der Waals surface area contributed by atoms with E-state index in [2.05, 4.69) is 4.98 Å². The lowest BCUT2D eigenvalue weighted by Crippen LogP contribution is -2.21. The molecule has 8 heteroatoms. The highest BCUT2D eigenvalue weighted by Crippen LogP contribution is 2.35. The second-order valence-electron chi connectivity index (χ2n) is 6.26. The molecule has 2 aromatic rings. The van der Waals surface area contributed by atoms with Crippen LogP contribution in [0.3, 0.4) is 0 Å². The van der Waals surface area contributed by atoms with E-state index in [1.54, 1.807) is 40.1 Å². The molecule has 0 aliphatic heterocycles. The quantitative estimate of drug-likeness (QED) is 0.708. The summed E-state index contributed by atoms with van der Waals surface area (Å²) in [6.07, 6.45) is -1.34. The van der Waals surface area contributed by atoms with E-state index < -0.39 is 11.7 Å². The van der Waals surface area contributed by atoms with Crippen LogP contribution in [0.5, 0.6) is 5.75 Å². The average molecular weight is 386 g/mol. The second kappa shape index (κ2) is 7.73. The molecule has 0 aliphatic rings. The van der Waals surface area contributed by atoms with E-state index in [-0.39, 0.29) is 23.8 Å². The molecular weight excluding hydrogens is 365 g/mol. The van der Waals surface area contributed by atoms with Gasteiger partial charge in [0, 0.05) is 30.6 Å². The minimum absolute atomic E-state index is 0.00970. The number of hydrogen-bond acceptors (Lipinski definition) is 4. The smallest absolute Gasteiger partial charge is 0.418 e. The van der Waals surface area contributed by atoms with Crippen molar-refractivity contribution in [1.29, 1.82) is 0 Å². The molecule has 0 saturated carbocycles. The largest absolute Gasteiger partial charge is 0.487 e. The predicted molar refractivity (Wildman–Crippen MR) is 95.9 cm³/mol. The molecule has 0 aliphatic carbocycles. The highest BCUT2D eigenvalue weighted by atomic mass is 32.2. The third-order valence-corrected chi connectivity index (χ3v) is 4.80. The zero-order chi connectivity index (χ0) is 19.6. The van der Waals surface area contributed by atoms with Gasteiger partial charge in [0.15, 0.2) is 0 Å². The molecular formula is C18H21F3N2O2S. The number of aryl methyl sites for hydroxylation is 1. The van der Waals surface area contributed by atoms with Crippen LogP contribution in [0.4, 0.5) is 13.2 Å². The van der Waals surface area contributed by atoms with Gasteiger partial charge in [-0.25, -0.2) is 0 Å². The first-order valence-electron chi connectivity index (χ1n) is 7.99. The molecule has 0 amide bonds. The number of aromatic nitrogens is 2. The Kier molecular flexibility index (Phi) is 6.05. The van der Waals surface area contributed by atoms with Crippen molar-refractivity contribution in [2.75, 3.05) is 6.26 Å². The van der Waals surface area contributed by atoms with Crippen LogP contribution in [0.25, 0.3) is 0 Å². The summed E-state index contributed by atoms with van der Waals surface area (Å²) in [5.74, 6) is 0.0177. The summed E-state index contributed by atoms with van der Waals surface area (Å²) in [7, 11) is 1.66. The maximum atomic E-state index is 13.3. The first-order valence-corrected chi connectivity index (χ1v) is 9.22. The Morgan fingerprint density at radius 3 is 2.50 bits per heavy atom. The molecule has 2 heterocycles. The minimum atomic E-state index is -4.48. The maximum Gasteiger partial charge on any atom is 0.418 e. The molecule has 0 spiro atoms. The van der Waals surface area contributed by atoms with Gasteiger partial charge in [-0.05, 0) is 25.2 Å². The van der Waals surface area contributed by atoms with E-state index >= 15 is 0 Å². The number of hydrogen-bond donors (Lipinski definition) is 0. The van der Waals surface area contributed by atoms with Gasteiger partial charge >= 0.3 is 6.18 Å². The lowest BCUT2D eigenvalue weighted by atomic mass is 10.0. The minimum Gasteiger partial charge on any atom is -0.487 e. The monoisotopic (exact) mass is 386 g/mol. The number of ether oxygens (including phenoxy) is 1. The third-order valence-electron chi connectivity index (χ3n) is 4.02. The molecule has 2 aromatic heterocycles. The number of thioether (sulfide) groups is 1. The van der Waals surface area contributed by atoms with E-state index in [1.807, 2.05) is 0 Å². The molecule has 0 unspecified atom stereocenters. The van der Waals surface area contributed by atoms with Crippen molar-refractivity contribution in [3.05, 3.63) is 51.2 Å². The van der Waals surface area contributed by atoms with Crippen molar-refractivity contribution in [3.63, 3.8) is 0 Å². The summed E-state index contributed by atoms with van der Waals surface area (Å²) in [6.45, 7) is 5.00. The Morgan fingerprint density at radius 1 is 1.31 bits per heavy atom. The summed E-state index contributed by atoms with van der Waals surface area (Å²) >= 11 is 1.24. The first kappa shape index (κ1) is 20.4. The Hall–Kier alpha value is -1.96. The first-order chi connectivity index (χ1) is 12.1. The van der Waals surface area contributed by atoms with Gasteiger partial charge in [0.25, 0.3) is 5.56 Å². The molecule has 0 fully saturated rings. The Bertz CT molecular complexity index is 861. The third kappa shape index (κ3) is 4.23. The van der Waals surface area contributed by atoms with Gasteiger partial charge in [0.1, 0.15) is 17.3 Å². The Balaban J connectivity index is 2.35. The topological polar surface area (TPSA) is 44.1 Å². The zero-order valence-corrected chi connectivity index (χ0v) is 16.1. The van der Waals surface area contributed by atoms with Crippen LogP contribution in [-0.2, 0) is 19.8 Å². The fourth-order valence-corrected chi connectivity index (χ4v) is 3.14. The number of rotatable bonds is 5. The van der Waals surface area contributed by atoms with E-state index in [4.69, 9.17) is 4.74 Å². The van der Waals surface area contributed by atoms with Crippen LogP contribution in [-0.4, -0.2) is 15.8 Å². The summed E-state index contributed by atoms with van der Waals surface area (Å²) in [5.41, 5.74) is 0.0604. The van der Waals surface area contributed by atoms with Gasteiger partial charge in [-0.15, -0.1) is 11.8 Å². The number of pyridine rings is 2. The van der Waals surface area contributed by atoms with Crippen LogP contribution < -0.4 is 10.3 Å². The standard InChI is InChI=1S/C18H21F3N2O2S/c1-10(2)15-13(18(19,20)21)7-12(8-22-15)9-25-14-6-11(3)23(4)17(24)16(14)26-5/h6-8,10H,9H2,1-5H3. The van der Waals surface area contributed by atoms with E-state index in [9.17, 15) is 18.0 Å². The number of nitrogens with zero attached hydrogens (tertiary/aromatic N) is 2. The molecule has 26 heavy (non-hydrogen) atoms. The highest BCUT2D eigenvalue weighted by molar-refractivity contribution is 7.98.